The number of hydrogen-bond acceptors (Lipinski definition) is 4. The molecule has 1 aliphatic heterocycles. The molecule has 8 heteroatoms. The van der Waals surface area contributed by atoms with Crippen molar-refractivity contribution in [1.82, 2.24) is 9.21 Å². The van der Waals surface area contributed by atoms with Gasteiger partial charge in [0.1, 0.15) is 11.6 Å². The Morgan fingerprint density at radius 2 is 1.62 bits per heavy atom. The summed E-state index contributed by atoms with van der Waals surface area (Å²) in [5.74, 6) is 0.306. The topological polar surface area (TPSA) is 66.9 Å². The second-order valence-electron chi connectivity index (χ2n) is 6.82. The minimum atomic E-state index is -3.60. The Balaban J connectivity index is 1.53. The number of amides is 1. The molecule has 2 aromatic rings. The molecular formula is C21H25FN2O4S. The molecule has 2 aromatic carbocycles. The first-order valence-electron chi connectivity index (χ1n) is 9.65. The van der Waals surface area contributed by atoms with E-state index in [9.17, 15) is 17.6 Å². The van der Waals surface area contributed by atoms with Crippen LogP contribution in [-0.4, -0.2) is 56.3 Å². The van der Waals surface area contributed by atoms with Crippen LogP contribution in [0, 0.1) is 5.82 Å². The number of benzene rings is 2. The van der Waals surface area contributed by atoms with E-state index in [0.29, 0.717) is 38.3 Å². The van der Waals surface area contributed by atoms with Gasteiger partial charge in [-0.1, -0.05) is 12.1 Å². The van der Waals surface area contributed by atoms with E-state index in [0.717, 1.165) is 5.56 Å². The van der Waals surface area contributed by atoms with Crippen molar-refractivity contribution >= 4 is 15.9 Å². The molecular weight excluding hydrogens is 395 g/mol. The van der Waals surface area contributed by atoms with E-state index >= 15 is 0 Å². The van der Waals surface area contributed by atoms with E-state index < -0.39 is 10.0 Å². The van der Waals surface area contributed by atoms with Crippen molar-refractivity contribution in [3.05, 3.63) is 59.9 Å². The maximum Gasteiger partial charge on any atom is 0.243 e. The number of piperazine rings is 1. The summed E-state index contributed by atoms with van der Waals surface area (Å²) < 4.78 is 45.4. The van der Waals surface area contributed by atoms with Crippen LogP contribution in [0.3, 0.4) is 0 Å². The zero-order valence-corrected chi connectivity index (χ0v) is 17.2. The van der Waals surface area contributed by atoms with Gasteiger partial charge >= 0.3 is 0 Å². The van der Waals surface area contributed by atoms with E-state index in [4.69, 9.17) is 4.74 Å². The van der Waals surface area contributed by atoms with Crippen LogP contribution < -0.4 is 4.74 Å². The fourth-order valence-electron chi connectivity index (χ4n) is 3.26. The summed E-state index contributed by atoms with van der Waals surface area (Å²) in [6.45, 7) is 3.63. The molecule has 156 valence electrons. The van der Waals surface area contributed by atoms with Crippen molar-refractivity contribution in [1.29, 1.82) is 0 Å². The summed E-state index contributed by atoms with van der Waals surface area (Å²) in [6.07, 6.45) is 0.848. The number of nitrogens with zero attached hydrogens (tertiary/aromatic N) is 2. The van der Waals surface area contributed by atoms with E-state index in [1.165, 1.54) is 16.4 Å². The molecule has 0 unspecified atom stereocenters. The highest BCUT2D eigenvalue weighted by atomic mass is 32.2. The smallest absolute Gasteiger partial charge is 0.243 e. The minimum absolute atomic E-state index is 0.0209. The Hall–Kier alpha value is -2.45. The SMILES string of the molecule is CCOc1ccc(S(=O)(=O)N2CCN(C(=O)CCc3ccc(F)cc3)CC2)cc1. The fraction of sp³-hybridized carbons (Fsp3) is 0.381. The van der Waals surface area contributed by atoms with Gasteiger partial charge in [0.05, 0.1) is 11.5 Å². The third-order valence-electron chi connectivity index (χ3n) is 4.90. The van der Waals surface area contributed by atoms with E-state index in [2.05, 4.69) is 0 Å². The van der Waals surface area contributed by atoms with Crippen molar-refractivity contribution in [3.63, 3.8) is 0 Å². The monoisotopic (exact) mass is 420 g/mol. The lowest BCUT2D eigenvalue weighted by Crippen LogP contribution is -2.50. The van der Waals surface area contributed by atoms with E-state index in [-0.39, 0.29) is 29.7 Å². The molecule has 29 heavy (non-hydrogen) atoms. The fourth-order valence-corrected chi connectivity index (χ4v) is 4.68. The summed E-state index contributed by atoms with van der Waals surface area (Å²) in [4.78, 5) is 14.3. The number of hydrogen-bond donors (Lipinski definition) is 0. The van der Waals surface area contributed by atoms with Crippen LogP contribution in [0.25, 0.3) is 0 Å². The number of ether oxygens (including phenoxy) is 1. The number of carbonyl (C=O) groups excluding carboxylic acids is 1. The largest absolute Gasteiger partial charge is 0.494 e. The first-order chi connectivity index (χ1) is 13.9. The standard InChI is InChI=1S/C21H25FN2O4S/c1-2-28-19-8-10-20(11-9-19)29(26,27)24-15-13-23(14-16-24)21(25)12-5-17-3-6-18(22)7-4-17/h3-4,6-11H,2,5,12-16H2,1H3. The van der Waals surface area contributed by atoms with Gasteiger partial charge in [0.2, 0.25) is 15.9 Å². The Labute approximate surface area is 170 Å². The molecule has 1 aliphatic rings. The molecule has 6 nitrogen and oxygen atoms in total. The summed E-state index contributed by atoms with van der Waals surface area (Å²) in [5.41, 5.74) is 0.900. The third-order valence-corrected chi connectivity index (χ3v) is 6.82. The zero-order valence-electron chi connectivity index (χ0n) is 16.4. The highest BCUT2D eigenvalue weighted by molar-refractivity contribution is 7.89. The molecule has 0 radical (unpaired) electrons. The lowest BCUT2D eigenvalue weighted by atomic mass is 10.1. The van der Waals surface area contributed by atoms with Gasteiger partial charge in [-0.2, -0.15) is 4.31 Å². The van der Waals surface area contributed by atoms with Crippen LogP contribution in [0.2, 0.25) is 0 Å². The van der Waals surface area contributed by atoms with Gasteiger partial charge < -0.3 is 9.64 Å². The maximum atomic E-state index is 13.0. The van der Waals surface area contributed by atoms with Crippen LogP contribution in [0.1, 0.15) is 18.9 Å². The quantitative estimate of drug-likeness (QED) is 0.691. The van der Waals surface area contributed by atoms with Gasteiger partial charge in [0, 0.05) is 32.6 Å². The van der Waals surface area contributed by atoms with Crippen LogP contribution in [0.5, 0.6) is 5.75 Å². The second kappa shape index (κ2) is 9.37. The Morgan fingerprint density at radius 1 is 1.00 bits per heavy atom. The number of aryl methyl sites for hydroxylation is 1. The molecule has 1 amide bonds. The average Bonchev–Trinajstić information content (AvgIpc) is 2.74. The van der Waals surface area contributed by atoms with Gasteiger partial charge in [-0.05, 0) is 55.3 Å². The number of rotatable bonds is 7. The molecule has 0 atom stereocenters. The Morgan fingerprint density at radius 3 is 2.21 bits per heavy atom. The van der Waals surface area contributed by atoms with Gasteiger partial charge in [-0.25, -0.2) is 12.8 Å². The van der Waals surface area contributed by atoms with Crippen molar-refractivity contribution in [3.8, 4) is 5.75 Å². The molecule has 0 aromatic heterocycles. The molecule has 0 saturated carbocycles. The molecule has 0 aliphatic carbocycles. The molecule has 0 N–H and O–H groups in total. The Kier molecular flexibility index (Phi) is 6.87. The molecule has 1 saturated heterocycles. The summed E-state index contributed by atoms with van der Waals surface area (Å²) >= 11 is 0. The maximum absolute atomic E-state index is 13.0. The molecule has 3 rings (SSSR count). The predicted octanol–water partition coefficient (Wildman–Crippen LogP) is 2.69. The predicted molar refractivity (Wildman–Crippen MR) is 108 cm³/mol. The summed E-state index contributed by atoms with van der Waals surface area (Å²) in [7, 11) is -3.60. The van der Waals surface area contributed by atoms with E-state index in [1.54, 1.807) is 41.3 Å². The first-order valence-corrected chi connectivity index (χ1v) is 11.1. The number of carbonyl (C=O) groups is 1. The van der Waals surface area contributed by atoms with Crippen LogP contribution >= 0.6 is 0 Å². The van der Waals surface area contributed by atoms with Crippen LogP contribution in [0.15, 0.2) is 53.4 Å². The molecule has 1 heterocycles. The average molecular weight is 421 g/mol. The van der Waals surface area contributed by atoms with E-state index in [1.807, 2.05) is 6.92 Å². The third kappa shape index (κ3) is 5.33. The molecule has 1 fully saturated rings. The van der Waals surface area contributed by atoms with Gasteiger partial charge in [0.25, 0.3) is 0 Å². The minimum Gasteiger partial charge on any atom is -0.494 e. The summed E-state index contributed by atoms with van der Waals surface area (Å²) in [6, 6.07) is 12.5. The number of sulfonamides is 1. The lowest BCUT2D eigenvalue weighted by Gasteiger charge is -2.34. The normalized spacial score (nSPS) is 15.3. The van der Waals surface area contributed by atoms with Crippen molar-refractivity contribution in [2.24, 2.45) is 0 Å². The van der Waals surface area contributed by atoms with Crippen molar-refractivity contribution in [2.45, 2.75) is 24.7 Å². The number of halogens is 1. The van der Waals surface area contributed by atoms with Gasteiger partial charge in [-0.3, -0.25) is 4.79 Å². The van der Waals surface area contributed by atoms with Gasteiger partial charge in [0.15, 0.2) is 0 Å². The lowest BCUT2D eigenvalue weighted by molar-refractivity contribution is -0.132. The second-order valence-corrected chi connectivity index (χ2v) is 8.75. The van der Waals surface area contributed by atoms with Crippen LogP contribution in [-0.2, 0) is 21.2 Å². The highest BCUT2D eigenvalue weighted by Crippen LogP contribution is 2.21. The molecule has 0 spiro atoms. The summed E-state index contributed by atoms with van der Waals surface area (Å²) in [5, 5.41) is 0. The zero-order chi connectivity index (χ0) is 20.9. The first kappa shape index (κ1) is 21.3. The molecule has 0 bridgehead atoms. The Bertz CT molecular complexity index is 922. The van der Waals surface area contributed by atoms with Crippen LogP contribution in [0.4, 0.5) is 4.39 Å². The van der Waals surface area contributed by atoms with Crippen molar-refractivity contribution in [2.75, 3.05) is 32.8 Å². The van der Waals surface area contributed by atoms with Gasteiger partial charge in [-0.15, -0.1) is 0 Å². The van der Waals surface area contributed by atoms with Crippen molar-refractivity contribution < 1.29 is 22.3 Å². The highest BCUT2D eigenvalue weighted by Gasteiger charge is 2.29.